The minimum Gasteiger partial charge on any atom is -0.356 e. The van der Waals surface area contributed by atoms with Gasteiger partial charge in [-0.1, -0.05) is 75.3 Å². The summed E-state index contributed by atoms with van der Waals surface area (Å²) in [6.45, 7) is 12.2. The Morgan fingerprint density at radius 1 is 0.640 bits per heavy atom. The van der Waals surface area contributed by atoms with Gasteiger partial charge in [0.15, 0.2) is 11.5 Å². The maximum atomic E-state index is 13.7. The molecule has 0 bridgehead atoms. The lowest BCUT2D eigenvalue weighted by atomic mass is 9.77. The Bertz CT molecular complexity index is 3480. The number of unbranched alkanes of at least 4 members (excludes halogenated alkanes) is 4. The maximum absolute atomic E-state index is 13.7. The summed E-state index contributed by atoms with van der Waals surface area (Å²) in [6, 6.07) is 6.59. The Kier molecular flexibility index (Phi) is 28.9. The van der Waals surface area contributed by atoms with Crippen molar-refractivity contribution in [2.45, 2.75) is 178 Å². The van der Waals surface area contributed by atoms with Crippen LogP contribution in [0.2, 0.25) is 0 Å². The summed E-state index contributed by atoms with van der Waals surface area (Å²) in [5.41, 5.74) is 5.64. The van der Waals surface area contributed by atoms with Crippen molar-refractivity contribution in [3.63, 3.8) is 0 Å². The summed E-state index contributed by atoms with van der Waals surface area (Å²) in [5.74, 6) is -11.1. The van der Waals surface area contributed by atoms with Gasteiger partial charge in [-0.2, -0.15) is 47.8 Å². The van der Waals surface area contributed by atoms with Crippen LogP contribution in [-0.2, 0) is 84.9 Å². The maximum Gasteiger partial charge on any atom is 0.373 e. The second-order valence-electron chi connectivity index (χ2n) is 23.5. The fourth-order valence-electron chi connectivity index (χ4n) is 11.5. The summed E-state index contributed by atoms with van der Waals surface area (Å²) in [4.78, 5) is 85.1. The number of nitrogens with one attached hydrogen (secondary N) is 4. The topological polar surface area (TPSA) is 391 Å². The van der Waals surface area contributed by atoms with Gasteiger partial charge < -0.3 is 26.2 Å². The van der Waals surface area contributed by atoms with Gasteiger partial charge in [-0.15, -0.1) is 0 Å². The molecule has 3 heterocycles. The fourth-order valence-corrected chi connectivity index (χ4v) is 14.1. The first-order chi connectivity index (χ1) is 41.6. The molecule has 2 aromatic carbocycles. The molecule has 3 aliphatic rings. The quantitative estimate of drug-likeness (QED) is 0.0656. The van der Waals surface area contributed by atoms with Crippen molar-refractivity contribution < 1.29 is 90.0 Å². The Balaban J connectivity index is 0.00000552. The highest BCUT2D eigenvalue weighted by molar-refractivity contribution is 7.86. The van der Waals surface area contributed by atoms with Crippen molar-refractivity contribution in [1.29, 1.82) is 0 Å². The average Bonchev–Trinajstić information content (AvgIpc) is 1.88. The molecule has 89 heavy (non-hydrogen) atoms. The summed E-state index contributed by atoms with van der Waals surface area (Å²) >= 11 is 0. The molecule has 0 fully saturated rings. The van der Waals surface area contributed by atoms with E-state index in [-0.39, 0.29) is 41.8 Å². The van der Waals surface area contributed by atoms with Crippen molar-refractivity contribution in [2.24, 2.45) is 5.92 Å². The predicted octanol–water partition coefficient (Wildman–Crippen LogP) is 5.91. The number of anilines is 1. The lowest BCUT2D eigenvalue weighted by Crippen LogP contribution is -2.56. The van der Waals surface area contributed by atoms with Crippen LogP contribution in [0, 0.1) is 12.8 Å². The third-order valence-electron chi connectivity index (χ3n) is 16.0. The lowest BCUT2D eigenvalue weighted by Gasteiger charge is -2.30. The van der Waals surface area contributed by atoms with Crippen molar-refractivity contribution >= 4 is 93.1 Å². The van der Waals surface area contributed by atoms with Crippen molar-refractivity contribution in [3.05, 3.63) is 89.2 Å². The SMILES string of the molecule is CCCCCCCN1C2=CC=CC=CC3=[N+](CCCCCC(=O)NCCCCCNC(=O)C(CS(=O)(=O)O)CC(=O)C(CS(=O)(=O)O)NC(=O)C(CS(=O)(=O)O)NC(=O)CCCCCC2(C)c2cc(S(=O)(=O)O)ccc21)c1ccc(C)cc1C3(C)C.O=C=O. The van der Waals surface area contributed by atoms with Gasteiger partial charge in [0.2, 0.25) is 29.3 Å². The molecule has 29 heteroatoms. The van der Waals surface area contributed by atoms with Crippen LogP contribution in [0.5, 0.6) is 0 Å². The number of aryl methyl sites for hydroxylation is 1. The number of Topliss-reactive ketones (excluding diaryl/α,β-unsaturated/α-hetero) is 1. The number of carbonyl (C=O) groups is 5. The van der Waals surface area contributed by atoms with E-state index >= 15 is 0 Å². The molecule has 3 aliphatic heterocycles. The molecule has 0 saturated heterocycles. The van der Waals surface area contributed by atoms with Gasteiger partial charge in [0.1, 0.15) is 30.1 Å². The predicted molar refractivity (Wildman–Crippen MR) is 333 cm³/mol. The van der Waals surface area contributed by atoms with E-state index in [2.05, 4.69) is 77.4 Å². The largest absolute Gasteiger partial charge is 0.373 e. The van der Waals surface area contributed by atoms with E-state index in [4.69, 9.17) is 9.59 Å². The minimum atomic E-state index is -5.15. The Labute approximate surface area is 523 Å². The third kappa shape index (κ3) is 24.1. The van der Waals surface area contributed by atoms with Gasteiger partial charge in [0.25, 0.3) is 40.5 Å². The Hall–Kier alpha value is -6.30. The van der Waals surface area contributed by atoms with Crippen molar-refractivity contribution in [1.82, 2.24) is 21.3 Å². The van der Waals surface area contributed by atoms with Crippen molar-refractivity contribution in [2.75, 3.05) is 48.3 Å². The zero-order chi connectivity index (χ0) is 66.4. The first-order valence-corrected chi connectivity index (χ1v) is 36.1. The molecule has 0 spiro atoms. The molecule has 25 nitrogen and oxygen atoms in total. The highest BCUT2D eigenvalue weighted by Gasteiger charge is 2.45. The molecule has 4 atom stereocenters. The summed E-state index contributed by atoms with van der Waals surface area (Å²) in [7, 11) is -19.8. The molecular formula is C60H87N6O19S4+. The van der Waals surface area contributed by atoms with Gasteiger partial charge in [0.05, 0.1) is 22.0 Å². The lowest BCUT2D eigenvalue weighted by molar-refractivity contribution is -0.438. The van der Waals surface area contributed by atoms with Gasteiger partial charge >= 0.3 is 6.15 Å². The zero-order valence-electron chi connectivity index (χ0n) is 51.2. The normalized spacial score (nSPS) is 22.3. The van der Waals surface area contributed by atoms with Crippen LogP contribution >= 0.6 is 0 Å². The van der Waals surface area contributed by atoms with Crippen LogP contribution in [0.25, 0.3) is 0 Å². The monoisotopic (exact) mass is 1320 g/mol. The van der Waals surface area contributed by atoms with E-state index in [9.17, 15) is 75.9 Å². The van der Waals surface area contributed by atoms with Gasteiger partial charge in [-0.3, -0.25) is 42.2 Å². The first-order valence-electron chi connectivity index (χ1n) is 29.9. The number of nitrogens with zero attached hydrogens (tertiary/aromatic N) is 2. The Morgan fingerprint density at radius 2 is 1.25 bits per heavy atom. The number of benzene rings is 2. The molecule has 2 aromatic rings. The summed E-state index contributed by atoms with van der Waals surface area (Å²) in [5, 5.41) is 9.50. The number of ketones is 1. The molecule has 0 saturated carbocycles. The highest BCUT2D eigenvalue weighted by Crippen LogP contribution is 2.51. The molecule has 494 valence electrons. The van der Waals surface area contributed by atoms with E-state index in [0.717, 1.165) is 73.3 Å². The van der Waals surface area contributed by atoms with Gasteiger partial charge in [-0.25, -0.2) is 0 Å². The molecule has 0 aliphatic carbocycles. The molecule has 8 N–H and O–H groups in total. The summed E-state index contributed by atoms with van der Waals surface area (Å²) < 4.78 is 140. The van der Waals surface area contributed by atoms with Gasteiger partial charge in [-0.05, 0) is 115 Å². The number of hydrogen-bond donors (Lipinski definition) is 8. The third-order valence-corrected chi connectivity index (χ3v) is 19.1. The zero-order valence-corrected chi connectivity index (χ0v) is 54.5. The minimum absolute atomic E-state index is 0.0421. The molecule has 0 aromatic heterocycles. The number of allylic oxidation sites excluding steroid dienone is 6. The number of hydrogen-bond acceptors (Lipinski definition) is 16. The standard InChI is InChI=1S/C59H86N6O17S4.CO2/c1-6-7-8-9-21-35-65-50-30-28-44(86(80,81)82)38-46(50)59(5)31-18-11-16-26-55(68)62-48(41-85(77,78)79)57(70)63-47(40-84(74,75)76)51(66)37-43(39-83(71,72)73)56(69)61-33-20-13-19-32-60-54(67)25-17-12-22-34-64-49-29-27-42(2)36-45(49)58(3,4)52(64)23-14-10-15-24-53(59)65;2-1-3/h10,14-15,23-24,27-30,36,38,43,47-48H,6-9,11-13,16-22,25-26,31-35,37,39-41H2,1-5H3,(H7-,60,61,62,63,67,68,69,70,71,72,73,74,75,76,77,78,79,80,81,82);/p+1. The highest BCUT2D eigenvalue weighted by atomic mass is 32.2. The number of amides is 4. The van der Waals surface area contributed by atoms with Crippen LogP contribution in [0.4, 0.5) is 11.4 Å². The number of fused-ring (bicyclic) bond motifs is 5. The molecule has 0 radical (unpaired) electrons. The fraction of sp³-hybridized carbons (Fsp3) is 0.583. The van der Waals surface area contributed by atoms with Crippen LogP contribution in [0.15, 0.2) is 77.4 Å². The van der Waals surface area contributed by atoms with Crippen molar-refractivity contribution in [3.8, 4) is 0 Å². The molecule has 5 rings (SSSR count). The molecular weight excluding hydrogens is 1240 g/mol. The second-order valence-corrected chi connectivity index (χ2v) is 29.4. The Morgan fingerprint density at radius 3 is 1.89 bits per heavy atom. The first kappa shape index (κ1) is 75.2. The smallest absolute Gasteiger partial charge is 0.356 e. The van der Waals surface area contributed by atoms with E-state index < -0.39 is 111 Å². The summed E-state index contributed by atoms with van der Waals surface area (Å²) in [6.07, 6.45) is 19.0. The van der Waals surface area contributed by atoms with E-state index in [1.165, 1.54) is 17.7 Å². The van der Waals surface area contributed by atoms with Crippen LogP contribution < -0.4 is 26.2 Å². The number of rotatable bonds is 13. The van der Waals surface area contributed by atoms with E-state index in [0.29, 0.717) is 76.6 Å². The van der Waals surface area contributed by atoms with E-state index in [1.807, 2.05) is 36.5 Å². The number of carbonyl (C=O) groups excluding carboxylic acids is 7. The van der Waals surface area contributed by atoms with Gasteiger partial charge in [0, 0.05) is 79.8 Å². The second kappa shape index (κ2) is 34.2. The average molecular weight is 1320 g/mol. The van der Waals surface area contributed by atoms with E-state index in [1.54, 1.807) is 6.07 Å². The van der Waals surface area contributed by atoms with Crippen LogP contribution in [0.3, 0.4) is 0 Å². The van der Waals surface area contributed by atoms with Crippen LogP contribution in [-0.4, -0.2) is 153 Å². The molecule has 4 unspecified atom stereocenters. The molecule has 4 amide bonds. The van der Waals surface area contributed by atoms with Crippen LogP contribution in [0.1, 0.15) is 160 Å².